The van der Waals surface area contributed by atoms with Crippen molar-refractivity contribution in [1.82, 2.24) is 29.5 Å². The molecule has 12 heteroatoms. The Hall–Kier alpha value is -3.31. The number of hydrogen-bond acceptors (Lipinski definition) is 6. The van der Waals surface area contributed by atoms with Gasteiger partial charge in [0.1, 0.15) is 5.52 Å². The maximum Gasteiger partial charge on any atom is 0.338 e. The number of rotatable bonds is 5. The SMILES string of the molecule is C[C@@H](C1CCN(c2ccc(Cl)cc2)CC1)n1ncc2nc(-n3cc(C(=O)O)cn3)[nH]c(=O)c21.S. The molecule has 1 aliphatic rings. The van der Waals surface area contributed by atoms with E-state index in [0.717, 1.165) is 36.6 Å². The van der Waals surface area contributed by atoms with Gasteiger partial charge in [-0.15, -0.1) is 0 Å². The minimum absolute atomic E-state index is 0. The second kappa shape index (κ2) is 9.51. The number of aromatic carboxylic acids is 1. The smallest absolute Gasteiger partial charge is 0.338 e. The molecule has 0 spiro atoms. The lowest BCUT2D eigenvalue weighted by atomic mass is 9.90. The monoisotopic (exact) mass is 501 g/mol. The highest BCUT2D eigenvalue weighted by Gasteiger charge is 2.27. The largest absolute Gasteiger partial charge is 0.478 e. The average molecular weight is 502 g/mol. The van der Waals surface area contributed by atoms with E-state index in [9.17, 15) is 9.59 Å². The van der Waals surface area contributed by atoms with Gasteiger partial charge in [0, 0.05) is 30.0 Å². The van der Waals surface area contributed by atoms with Crippen LogP contribution >= 0.6 is 25.1 Å². The van der Waals surface area contributed by atoms with Crippen LogP contribution in [0.15, 0.2) is 47.7 Å². The number of aromatic nitrogens is 6. The van der Waals surface area contributed by atoms with Gasteiger partial charge in [0.25, 0.3) is 5.56 Å². The van der Waals surface area contributed by atoms with Gasteiger partial charge in [-0.25, -0.2) is 14.5 Å². The van der Waals surface area contributed by atoms with Crippen LogP contribution in [0.5, 0.6) is 0 Å². The van der Waals surface area contributed by atoms with E-state index in [0.29, 0.717) is 17.0 Å². The molecule has 0 radical (unpaired) electrons. The van der Waals surface area contributed by atoms with Crippen LogP contribution in [-0.4, -0.2) is 53.7 Å². The first-order valence-electron chi connectivity index (χ1n) is 10.7. The second-order valence-electron chi connectivity index (χ2n) is 8.23. The maximum absolute atomic E-state index is 12.9. The zero-order valence-electron chi connectivity index (χ0n) is 18.3. The molecule has 34 heavy (non-hydrogen) atoms. The quantitative estimate of drug-likeness (QED) is 0.430. The number of fused-ring (bicyclic) bond motifs is 1. The third-order valence-corrected chi connectivity index (χ3v) is 6.54. The number of benzene rings is 1. The van der Waals surface area contributed by atoms with Crippen molar-refractivity contribution >= 4 is 47.8 Å². The van der Waals surface area contributed by atoms with Crippen molar-refractivity contribution in [3.05, 3.63) is 63.8 Å². The molecule has 1 aliphatic heterocycles. The van der Waals surface area contributed by atoms with Crippen LogP contribution in [-0.2, 0) is 0 Å². The fraction of sp³-hybridized carbons (Fsp3) is 0.318. The predicted octanol–water partition coefficient (Wildman–Crippen LogP) is 3.25. The first-order chi connectivity index (χ1) is 15.9. The van der Waals surface area contributed by atoms with Crippen molar-refractivity contribution in [3.8, 4) is 5.95 Å². The summed E-state index contributed by atoms with van der Waals surface area (Å²) in [7, 11) is 0. The van der Waals surface area contributed by atoms with Crippen molar-refractivity contribution in [2.45, 2.75) is 25.8 Å². The highest BCUT2D eigenvalue weighted by molar-refractivity contribution is 7.59. The Morgan fingerprint density at radius 2 is 1.88 bits per heavy atom. The molecule has 5 rings (SSSR count). The van der Waals surface area contributed by atoms with Crippen LogP contribution < -0.4 is 10.5 Å². The van der Waals surface area contributed by atoms with Crippen LogP contribution in [0, 0.1) is 5.92 Å². The van der Waals surface area contributed by atoms with E-state index in [1.807, 2.05) is 24.3 Å². The summed E-state index contributed by atoms with van der Waals surface area (Å²) in [6, 6.07) is 7.90. The summed E-state index contributed by atoms with van der Waals surface area (Å²) >= 11 is 6.00. The van der Waals surface area contributed by atoms with E-state index >= 15 is 0 Å². The molecule has 4 aromatic rings. The number of carboxylic acid groups (broad SMARTS) is 1. The summed E-state index contributed by atoms with van der Waals surface area (Å²) in [6.45, 7) is 3.91. The number of halogens is 1. The number of anilines is 1. The van der Waals surface area contributed by atoms with Gasteiger partial charge in [0.15, 0.2) is 5.52 Å². The summed E-state index contributed by atoms with van der Waals surface area (Å²) in [5.41, 5.74) is 1.66. The van der Waals surface area contributed by atoms with Crippen molar-refractivity contribution in [2.24, 2.45) is 5.92 Å². The summed E-state index contributed by atoms with van der Waals surface area (Å²) in [6.07, 6.45) is 6.01. The summed E-state index contributed by atoms with van der Waals surface area (Å²) < 4.78 is 2.98. The van der Waals surface area contributed by atoms with E-state index in [2.05, 4.69) is 32.0 Å². The summed E-state index contributed by atoms with van der Waals surface area (Å²) in [4.78, 5) is 33.5. The molecule has 3 aromatic heterocycles. The van der Waals surface area contributed by atoms with Gasteiger partial charge in [0.2, 0.25) is 5.95 Å². The number of nitrogens with one attached hydrogen (secondary N) is 1. The molecule has 0 amide bonds. The summed E-state index contributed by atoms with van der Waals surface area (Å²) in [5, 5.41) is 18.3. The van der Waals surface area contributed by atoms with Crippen LogP contribution in [0.1, 0.15) is 36.2 Å². The lowest BCUT2D eigenvalue weighted by Gasteiger charge is -2.36. The maximum atomic E-state index is 12.9. The molecule has 0 saturated carbocycles. The first-order valence-corrected chi connectivity index (χ1v) is 11.0. The van der Waals surface area contributed by atoms with Crippen LogP contribution in [0.25, 0.3) is 17.0 Å². The van der Waals surface area contributed by atoms with Gasteiger partial charge in [-0.05, 0) is 49.9 Å². The van der Waals surface area contributed by atoms with E-state index in [4.69, 9.17) is 16.7 Å². The van der Waals surface area contributed by atoms with E-state index < -0.39 is 5.97 Å². The standard InChI is InChI=1S/C22H22ClN7O3.H2S/c1-13(14-6-8-28(9-7-14)17-4-2-16(23)3-5-17)30-19-18(11-25-30)26-22(27-20(19)31)29-12-15(10-24-29)21(32)33;/h2-5,10-14H,6-9H2,1H3,(H,32,33)(H,26,27,31);1H2/t13-;/m0./s1. The molecule has 4 heterocycles. The molecule has 1 aromatic carbocycles. The molecule has 0 aliphatic carbocycles. The van der Waals surface area contributed by atoms with Gasteiger partial charge in [0.05, 0.1) is 24.0 Å². The van der Waals surface area contributed by atoms with Crippen LogP contribution in [0.2, 0.25) is 5.02 Å². The lowest BCUT2D eigenvalue weighted by molar-refractivity contribution is 0.0697. The molecule has 1 fully saturated rings. The second-order valence-corrected chi connectivity index (χ2v) is 8.67. The van der Waals surface area contributed by atoms with Gasteiger partial charge in [-0.3, -0.25) is 14.5 Å². The molecule has 1 atom stereocenters. The third kappa shape index (κ3) is 4.40. The van der Waals surface area contributed by atoms with Gasteiger partial charge in [-0.1, -0.05) is 11.6 Å². The predicted molar refractivity (Wildman–Crippen MR) is 134 cm³/mol. The first kappa shape index (κ1) is 23.8. The van der Waals surface area contributed by atoms with Crippen LogP contribution in [0.3, 0.4) is 0 Å². The van der Waals surface area contributed by atoms with E-state index in [-0.39, 0.29) is 36.6 Å². The third-order valence-electron chi connectivity index (χ3n) is 6.29. The molecule has 2 N–H and O–H groups in total. The molecular weight excluding hydrogens is 478 g/mol. The van der Waals surface area contributed by atoms with E-state index in [1.54, 1.807) is 10.9 Å². The topological polar surface area (TPSA) is 122 Å². The Kier molecular flexibility index (Phi) is 6.67. The lowest BCUT2D eigenvalue weighted by Crippen LogP contribution is -2.36. The van der Waals surface area contributed by atoms with E-state index in [1.165, 1.54) is 17.1 Å². The number of nitrogens with zero attached hydrogens (tertiary/aromatic N) is 6. The minimum Gasteiger partial charge on any atom is -0.478 e. The Morgan fingerprint density at radius 1 is 1.18 bits per heavy atom. The minimum atomic E-state index is -1.10. The zero-order chi connectivity index (χ0) is 23.1. The molecular formula is C22H24ClN7O3S. The van der Waals surface area contributed by atoms with Crippen molar-refractivity contribution in [2.75, 3.05) is 18.0 Å². The fourth-order valence-electron chi connectivity index (χ4n) is 4.42. The fourth-order valence-corrected chi connectivity index (χ4v) is 4.54. The number of carbonyl (C=O) groups is 1. The molecule has 0 bridgehead atoms. The van der Waals surface area contributed by atoms with Crippen LogP contribution in [0.4, 0.5) is 5.69 Å². The molecule has 10 nitrogen and oxygen atoms in total. The highest BCUT2D eigenvalue weighted by atomic mass is 35.5. The van der Waals surface area contributed by atoms with Gasteiger partial charge < -0.3 is 10.0 Å². The Balaban J connectivity index is 0.00000274. The number of aromatic amines is 1. The average Bonchev–Trinajstić information content (AvgIpc) is 3.47. The molecule has 178 valence electrons. The van der Waals surface area contributed by atoms with Crippen molar-refractivity contribution in [3.63, 3.8) is 0 Å². The zero-order valence-corrected chi connectivity index (χ0v) is 20.1. The number of carboxylic acids is 1. The number of piperidine rings is 1. The van der Waals surface area contributed by atoms with Crippen molar-refractivity contribution in [1.29, 1.82) is 0 Å². The number of hydrogen-bond donors (Lipinski definition) is 2. The summed E-state index contributed by atoms with van der Waals surface area (Å²) in [5.74, 6) is -0.600. The Labute approximate surface area is 206 Å². The van der Waals surface area contributed by atoms with Gasteiger partial charge >= 0.3 is 5.97 Å². The Morgan fingerprint density at radius 3 is 2.53 bits per heavy atom. The highest BCUT2D eigenvalue weighted by Crippen LogP contribution is 2.32. The normalized spacial score (nSPS) is 15.3. The molecule has 1 saturated heterocycles. The number of H-pyrrole nitrogens is 1. The molecule has 0 unspecified atom stereocenters. The Bertz CT molecular complexity index is 1370. The van der Waals surface area contributed by atoms with Crippen molar-refractivity contribution < 1.29 is 9.90 Å². The van der Waals surface area contributed by atoms with Gasteiger partial charge in [-0.2, -0.15) is 23.7 Å².